The molecule has 1 aromatic rings. The summed E-state index contributed by atoms with van der Waals surface area (Å²) in [6.07, 6.45) is 8.39. The molecule has 0 unspecified atom stereocenters. The first-order valence-corrected chi connectivity index (χ1v) is 11.7. The van der Waals surface area contributed by atoms with Crippen LogP contribution in [0.25, 0.3) is 0 Å². The van der Waals surface area contributed by atoms with Crippen molar-refractivity contribution in [2.24, 2.45) is 7.05 Å². The van der Waals surface area contributed by atoms with Crippen LogP contribution in [0.5, 0.6) is 0 Å². The summed E-state index contributed by atoms with van der Waals surface area (Å²) < 4.78 is 30.8. The van der Waals surface area contributed by atoms with E-state index >= 15 is 0 Å². The number of carbonyl (C=O) groups excluding carboxylic acids is 1. The number of aryl methyl sites for hydroxylation is 1. The van der Waals surface area contributed by atoms with Crippen LogP contribution in [0.2, 0.25) is 0 Å². The second-order valence-electron chi connectivity index (χ2n) is 7.63. The highest BCUT2D eigenvalue weighted by Crippen LogP contribution is 2.31. The third-order valence-corrected chi connectivity index (χ3v) is 6.26. The van der Waals surface area contributed by atoms with Gasteiger partial charge in [0, 0.05) is 44.6 Å². The van der Waals surface area contributed by atoms with E-state index in [-0.39, 0.29) is 30.2 Å². The molecule has 152 valence electrons. The van der Waals surface area contributed by atoms with E-state index in [1.54, 1.807) is 15.8 Å². The molecule has 0 bridgehead atoms. The zero-order valence-corrected chi connectivity index (χ0v) is 17.0. The van der Waals surface area contributed by atoms with E-state index in [1.807, 2.05) is 13.2 Å². The second-order valence-corrected chi connectivity index (χ2v) is 9.89. The summed E-state index contributed by atoms with van der Waals surface area (Å²) in [6.45, 7) is 3.83. The first-order valence-electron chi connectivity index (χ1n) is 9.63. The lowest BCUT2D eigenvalue weighted by atomic mass is 9.99. The predicted molar refractivity (Wildman–Crippen MR) is 102 cm³/mol. The molecule has 2 atom stereocenters. The minimum absolute atomic E-state index is 0.00598. The minimum atomic E-state index is -3.18. The Hall–Kier alpha value is -1.45. The van der Waals surface area contributed by atoms with Crippen LogP contribution in [0, 0.1) is 0 Å². The van der Waals surface area contributed by atoms with E-state index in [4.69, 9.17) is 4.74 Å². The van der Waals surface area contributed by atoms with E-state index in [1.165, 1.54) is 19.3 Å². The van der Waals surface area contributed by atoms with E-state index in [2.05, 4.69) is 10.00 Å². The van der Waals surface area contributed by atoms with Crippen molar-refractivity contribution in [1.29, 1.82) is 0 Å². The molecule has 2 aliphatic heterocycles. The molecule has 0 aromatic carbocycles. The molecule has 3 heterocycles. The summed E-state index contributed by atoms with van der Waals surface area (Å²) in [5, 5.41) is 4.27. The molecule has 27 heavy (non-hydrogen) atoms. The molecule has 3 rings (SSSR count). The fraction of sp³-hybridized carbons (Fsp3) is 0.778. The van der Waals surface area contributed by atoms with Gasteiger partial charge in [-0.1, -0.05) is 6.42 Å². The molecule has 9 heteroatoms. The Kier molecular flexibility index (Phi) is 6.54. The summed E-state index contributed by atoms with van der Waals surface area (Å²) in [5.41, 5.74) is 0.937. The number of hydrogen-bond donors (Lipinski definition) is 0. The fourth-order valence-corrected chi connectivity index (χ4v) is 4.51. The average Bonchev–Trinajstić information content (AvgIpc) is 3.06. The maximum Gasteiger partial charge on any atom is 0.224 e. The quantitative estimate of drug-likeness (QED) is 0.698. The van der Waals surface area contributed by atoms with Gasteiger partial charge in [0.2, 0.25) is 5.91 Å². The number of aromatic nitrogens is 2. The monoisotopic (exact) mass is 398 g/mol. The summed E-state index contributed by atoms with van der Waals surface area (Å²) in [6, 6.07) is -0.235. The highest BCUT2D eigenvalue weighted by atomic mass is 32.2. The van der Waals surface area contributed by atoms with Crippen LogP contribution in [-0.2, 0) is 26.4 Å². The molecular weight excluding hydrogens is 368 g/mol. The Morgan fingerprint density at radius 2 is 2.00 bits per heavy atom. The zero-order chi connectivity index (χ0) is 19.4. The van der Waals surface area contributed by atoms with E-state index in [0.717, 1.165) is 31.5 Å². The van der Waals surface area contributed by atoms with E-state index in [0.29, 0.717) is 13.2 Å². The molecule has 0 radical (unpaired) electrons. The normalized spacial score (nSPS) is 24.9. The van der Waals surface area contributed by atoms with Crippen molar-refractivity contribution in [2.75, 3.05) is 44.8 Å². The lowest BCUT2D eigenvalue weighted by Crippen LogP contribution is -2.52. The summed E-state index contributed by atoms with van der Waals surface area (Å²) in [4.78, 5) is 17.0. The van der Waals surface area contributed by atoms with Gasteiger partial charge in [0.05, 0.1) is 30.7 Å². The number of rotatable bonds is 6. The van der Waals surface area contributed by atoms with Gasteiger partial charge in [0.1, 0.15) is 9.84 Å². The van der Waals surface area contributed by atoms with Gasteiger partial charge in [-0.3, -0.25) is 9.48 Å². The Morgan fingerprint density at radius 3 is 2.63 bits per heavy atom. The molecule has 1 aromatic heterocycles. The lowest BCUT2D eigenvalue weighted by molar-refractivity contribution is -0.148. The van der Waals surface area contributed by atoms with Gasteiger partial charge in [-0.15, -0.1) is 0 Å². The Balaban J connectivity index is 1.78. The fourth-order valence-electron chi connectivity index (χ4n) is 3.97. The highest BCUT2D eigenvalue weighted by Gasteiger charge is 2.38. The number of ether oxygens (including phenoxy) is 1. The summed E-state index contributed by atoms with van der Waals surface area (Å²) in [5.74, 6) is -0.263. The Bertz CT molecular complexity index is 742. The van der Waals surface area contributed by atoms with E-state index < -0.39 is 9.84 Å². The third kappa shape index (κ3) is 5.52. The maximum atomic E-state index is 12.8. The van der Waals surface area contributed by atoms with Crippen LogP contribution in [0.15, 0.2) is 12.4 Å². The Morgan fingerprint density at radius 1 is 1.26 bits per heavy atom. The van der Waals surface area contributed by atoms with Crippen molar-refractivity contribution in [2.45, 2.75) is 37.8 Å². The minimum Gasteiger partial charge on any atom is -0.373 e. The van der Waals surface area contributed by atoms with Crippen LogP contribution in [0.4, 0.5) is 0 Å². The smallest absolute Gasteiger partial charge is 0.224 e. The Labute approximate surface area is 161 Å². The molecule has 0 N–H and O–H groups in total. The zero-order valence-electron chi connectivity index (χ0n) is 16.2. The molecule has 2 aliphatic rings. The van der Waals surface area contributed by atoms with Crippen molar-refractivity contribution in [1.82, 2.24) is 19.6 Å². The number of carbonyl (C=O) groups is 1. The number of nitrogens with zero attached hydrogens (tertiary/aromatic N) is 4. The maximum absolute atomic E-state index is 12.8. The number of hydrogen-bond acceptors (Lipinski definition) is 6. The second kappa shape index (κ2) is 8.70. The SMILES string of the molecule is Cn1cc([C@H]2[C@H](CN3CCCCC3)OCCN2C(=O)CCS(C)(=O)=O)cn1. The molecule has 8 nitrogen and oxygen atoms in total. The molecule has 1 amide bonds. The molecular formula is C18H30N4O4S. The van der Waals surface area contributed by atoms with Crippen LogP contribution in [0.3, 0.4) is 0 Å². The molecule has 0 spiro atoms. The average molecular weight is 399 g/mol. The van der Waals surface area contributed by atoms with Crippen molar-refractivity contribution in [3.8, 4) is 0 Å². The number of piperidine rings is 1. The van der Waals surface area contributed by atoms with Gasteiger partial charge < -0.3 is 14.5 Å². The van der Waals surface area contributed by atoms with Gasteiger partial charge in [-0.05, 0) is 25.9 Å². The first-order chi connectivity index (χ1) is 12.8. The predicted octanol–water partition coefficient (Wildman–Crippen LogP) is 0.609. The number of amides is 1. The van der Waals surface area contributed by atoms with Crippen LogP contribution in [-0.4, -0.2) is 84.8 Å². The molecule has 0 aliphatic carbocycles. The van der Waals surface area contributed by atoms with Crippen LogP contribution in [0.1, 0.15) is 37.3 Å². The van der Waals surface area contributed by atoms with Gasteiger partial charge in [0.25, 0.3) is 0 Å². The molecule has 2 fully saturated rings. The number of likely N-dealkylation sites (tertiary alicyclic amines) is 1. The van der Waals surface area contributed by atoms with Gasteiger partial charge in [-0.2, -0.15) is 5.10 Å². The van der Waals surface area contributed by atoms with Gasteiger partial charge in [0.15, 0.2) is 0 Å². The highest BCUT2D eigenvalue weighted by molar-refractivity contribution is 7.90. The molecule has 2 saturated heterocycles. The largest absolute Gasteiger partial charge is 0.373 e. The molecule has 0 saturated carbocycles. The number of sulfone groups is 1. The topological polar surface area (TPSA) is 84.7 Å². The van der Waals surface area contributed by atoms with Crippen LogP contribution < -0.4 is 0 Å². The van der Waals surface area contributed by atoms with Crippen molar-refractivity contribution >= 4 is 15.7 Å². The van der Waals surface area contributed by atoms with Gasteiger partial charge in [-0.25, -0.2) is 8.42 Å². The van der Waals surface area contributed by atoms with Crippen LogP contribution >= 0.6 is 0 Å². The third-order valence-electron chi connectivity index (χ3n) is 5.31. The summed E-state index contributed by atoms with van der Waals surface area (Å²) >= 11 is 0. The summed E-state index contributed by atoms with van der Waals surface area (Å²) in [7, 11) is -1.33. The standard InChI is InChI=1S/C18H30N4O4S/c1-20-13-15(12-19-20)18-16(14-21-7-4-3-5-8-21)26-10-9-22(18)17(23)6-11-27(2,24)25/h12-13,16,18H,3-11,14H2,1-2H3/t16-,18-/m0/s1. The van der Waals surface area contributed by atoms with Crippen molar-refractivity contribution < 1.29 is 17.9 Å². The number of morpholine rings is 1. The lowest BCUT2D eigenvalue weighted by Gasteiger charge is -2.43. The van der Waals surface area contributed by atoms with Crippen molar-refractivity contribution in [3.05, 3.63) is 18.0 Å². The van der Waals surface area contributed by atoms with E-state index in [9.17, 15) is 13.2 Å². The first kappa shape index (κ1) is 20.3. The van der Waals surface area contributed by atoms with Gasteiger partial charge >= 0.3 is 0 Å². The van der Waals surface area contributed by atoms with Crippen molar-refractivity contribution in [3.63, 3.8) is 0 Å².